The van der Waals surface area contributed by atoms with E-state index in [2.05, 4.69) is 25.0 Å². The lowest BCUT2D eigenvalue weighted by molar-refractivity contribution is -0.166. The molecule has 3 heterocycles. The molecule has 2 aromatic heterocycles. The summed E-state index contributed by atoms with van der Waals surface area (Å²) in [5.74, 6) is -1.59. The highest BCUT2D eigenvalue weighted by Gasteiger charge is 2.51. The largest absolute Gasteiger partial charge is 0.463 e. The van der Waals surface area contributed by atoms with Gasteiger partial charge in [-0.05, 0) is 22.3 Å². The molecule has 0 spiro atoms. The number of ether oxygens (including phenoxy) is 4. The number of aromatic nitrogens is 4. The number of fused-ring (bicyclic) bond motifs is 4. The summed E-state index contributed by atoms with van der Waals surface area (Å²) >= 11 is 0. The van der Waals surface area contributed by atoms with Crippen LogP contribution in [0.15, 0.2) is 61.2 Å². The van der Waals surface area contributed by atoms with E-state index in [0.717, 1.165) is 28.5 Å². The van der Waals surface area contributed by atoms with Crippen LogP contribution in [0, 0.1) is 0 Å². The van der Waals surface area contributed by atoms with Gasteiger partial charge in [0.05, 0.1) is 24.7 Å². The molecule has 2 aromatic carbocycles. The van der Waals surface area contributed by atoms with Crippen molar-refractivity contribution in [2.24, 2.45) is 0 Å². The number of carbonyl (C=O) groups excluding carboxylic acids is 3. The van der Waals surface area contributed by atoms with Crippen LogP contribution in [0.1, 0.15) is 50.2 Å². The van der Waals surface area contributed by atoms with Crippen LogP contribution in [-0.4, -0.2) is 77.0 Å². The van der Waals surface area contributed by atoms with Gasteiger partial charge in [0.2, 0.25) is 10.0 Å². The first-order valence-electron chi connectivity index (χ1n) is 14.6. The number of hydrogen-bond acceptors (Lipinski definition) is 13. The Kier molecular flexibility index (Phi) is 8.65. The predicted octanol–water partition coefficient (Wildman–Crippen LogP) is 2.57. The van der Waals surface area contributed by atoms with Crippen LogP contribution < -0.4 is 10.0 Å². The zero-order valence-electron chi connectivity index (χ0n) is 25.8. The summed E-state index contributed by atoms with van der Waals surface area (Å²) in [6.07, 6.45) is -0.489. The van der Waals surface area contributed by atoms with Gasteiger partial charge in [0.15, 0.2) is 35.4 Å². The molecule has 1 saturated heterocycles. The number of nitrogens with one attached hydrogen (secondary N) is 2. The maximum absolute atomic E-state index is 12.6. The summed E-state index contributed by atoms with van der Waals surface area (Å²) in [7, 11) is -3.66. The number of benzene rings is 2. The Bertz CT molecular complexity index is 1970. The van der Waals surface area contributed by atoms with E-state index in [4.69, 9.17) is 18.9 Å². The monoisotopic (exact) mass is 664 g/mol. The first-order valence-corrected chi connectivity index (χ1v) is 16.5. The number of rotatable bonds is 9. The van der Waals surface area contributed by atoms with E-state index in [1.165, 1.54) is 38.0 Å². The molecule has 1 aliphatic carbocycles. The molecule has 1 fully saturated rings. The summed E-state index contributed by atoms with van der Waals surface area (Å²) in [5.41, 5.74) is 4.03. The smallest absolute Gasteiger partial charge is 0.303 e. The van der Waals surface area contributed by atoms with Crippen molar-refractivity contribution in [1.29, 1.82) is 0 Å². The van der Waals surface area contributed by atoms with Crippen molar-refractivity contribution < 1.29 is 41.7 Å². The summed E-state index contributed by atoms with van der Waals surface area (Å²) in [6, 6.07) is 14.0. The summed E-state index contributed by atoms with van der Waals surface area (Å²) in [6.45, 7) is 3.36. The average Bonchev–Trinajstić information content (AvgIpc) is 3.58. The molecule has 47 heavy (non-hydrogen) atoms. The minimum Gasteiger partial charge on any atom is -0.463 e. The summed E-state index contributed by atoms with van der Waals surface area (Å²) in [4.78, 5) is 49.2. The lowest BCUT2D eigenvalue weighted by Crippen LogP contribution is -2.40. The first-order chi connectivity index (χ1) is 22.4. The van der Waals surface area contributed by atoms with E-state index in [0.29, 0.717) is 11.3 Å². The average molecular weight is 665 g/mol. The van der Waals surface area contributed by atoms with Gasteiger partial charge >= 0.3 is 17.9 Å². The zero-order chi connectivity index (χ0) is 33.5. The predicted molar refractivity (Wildman–Crippen MR) is 166 cm³/mol. The van der Waals surface area contributed by atoms with Gasteiger partial charge in [0, 0.05) is 20.8 Å². The number of sulfonamides is 1. The van der Waals surface area contributed by atoms with E-state index in [-0.39, 0.29) is 12.3 Å². The van der Waals surface area contributed by atoms with Gasteiger partial charge in [0.25, 0.3) is 0 Å². The molecule has 0 unspecified atom stereocenters. The van der Waals surface area contributed by atoms with Crippen molar-refractivity contribution in [3.05, 3.63) is 72.3 Å². The number of carbonyl (C=O) groups is 3. The topological polar surface area (TPSA) is 190 Å². The fraction of sp³-hybridized carbons (Fsp3) is 0.355. The fourth-order valence-electron chi connectivity index (χ4n) is 6.12. The Balaban J connectivity index is 1.41. The molecule has 15 nitrogen and oxygen atoms in total. The highest BCUT2D eigenvalue weighted by Crippen LogP contribution is 2.46. The Labute approximate surface area is 269 Å². The Hall–Kier alpha value is -4.93. The molecule has 6 atom stereocenters. The lowest BCUT2D eigenvalue weighted by atomic mass is 9.79. The minimum absolute atomic E-state index is 0.271. The zero-order valence-corrected chi connectivity index (χ0v) is 26.6. The Morgan fingerprint density at radius 1 is 0.851 bits per heavy atom. The SMILES string of the molecule is CC(=O)OC[C@H]1O[C@@H](n2cnc3c(N[C@@H]4c5ccccc5-c5ccccc5[C@H]4NS(C)(=O)=O)ncnc32)[C@H](OC(C)=O)[C@@H]1OC(C)=O. The van der Waals surface area contributed by atoms with E-state index in [1.807, 2.05) is 48.5 Å². The summed E-state index contributed by atoms with van der Waals surface area (Å²) in [5, 5.41) is 3.41. The number of anilines is 1. The third kappa shape index (κ3) is 6.52. The third-order valence-corrected chi connectivity index (χ3v) is 8.50. The van der Waals surface area contributed by atoms with Gasteiger partial charge in [-0.25, -0.2) is 28.1 Å². The number of imidazole rings is 1. The quantitative estimate of drug-likeness (QED) is 0.196. The molecule has 0 amide bonds. The molecule has 2 N–H and O–H groups in total. The van der Waals surface area contributed by atoms with Gasteiger partial charge in [-0.1, -0.05) is 48.5 Å². The van der Waals surface area contributed by atoms with Crippen LogP contribution in [-0.2, 0) is 43.4 Å². The highest BCUT2D eigenvalue weighted by molar-refractivity contribution is 7.88. The van der Waals surface area contributed by atoms with E-state index < -0.39 is 64.6 Å². The van der Waals surface area contributed by atoms with Gasteiger partial charge < -0.3 is 24.3 Å². The molecule has 6 rings (SSSR count). The fourth-order valence-corrected chi connectivity index (χ4v) is 6.84. The third-order valence-electron chi connectivity index (χ3n) is 7.82. The highest BCUT2D eigenvalue weighted by atomic mass is 32.2. The van der Waals surface area contributed by atoms with E-state index in [9.17, 15) is 22.8 Å². The standard InChI is InChI=1S/C31H32N6O9S/c1-16(38)43-13-23-27(44-17(2)39)28(45-18(3)40)31(46-23)37-15-34-26-29(32-14-33-30(26)37)35-24-21-11-7-5-9-19(21)20-10-6-8-12-22(20)25(24)36-47(4,41)42/h5-12,14-15,23-25,27-28,31,36H,13H2,1-4H3,(H,32,33,35)/t23-,24-,25-,27-,28-,31-/m1/s1. The van der Waals surface area contributed by atoms with Gasteiger partial charge in [-0.15, -0.1) is 0 Å². The maximum Gasteiger partial charge on any atom is 0.303 e. The number of nitrogens with zero attached hydrogens (tertiary/aromatic N) is 4. The Morgan fingerprint density at radius 3 is 2.09 bits per heavy atom. The molecule has 16 heteroatoms. The second kappa shape index (κ2) is 12.7. The second-order valence-corrected chi connectivity index (χ2v) is 13.0. The van der Waals surface area contributed by atoms with Crippen molar-refractivity contribution in [3.8, 4) is 11.1 Å². The van der Waals surface area contributed by atoms with Gasteiger partial charge in [0.1, 0.15) is 19.0 Å². The molecule has 2 aliphatic rings. The Morgan fingerprint density at radius 2 is 1.47 bits per heavy atom. The van der Waals surface area contributed by atoms with Crippen LogP contribution in [0.3, 0.4) is 0 Å². The number of esters is 3. The van der Waals surface area contributed by atoms with Crippen LogP contribution in [0.5, 0.6) is 0 Å². The number of hydrogen-bond donors (Lipinski definition) is 2. The lowest BCUT2D eigenvalue weighted by Gasteiger charge is -2.36. The molecule has 4 aromatic rings. The molecule has 0 saturated carbocycles. The van der Waals surface area contributed by atoms with Crippen LogP contribution in [0.2, 0.25) is 0 Å². The minimum atomic E-state index is -3.66. The molecule has 0 radical (unpaired) electrons. The molecular formula is C31H32N6O9S. The normalized spacial score (nSPS) is 23.4. The van der Waals surface area contributed by atoms with Crippen LogP contribution >= 0.6 is 0 Å². The van der Waals surface area contributed by atoms with Crippen molar-refractivity contribution >= 4 is 44.9 Å². The van der Waals surface area contributed by atoms with Crippen molar-refractivity contribution in [3.63, 3.8) is 0 Å². The first kappa shape index (κ1) is 32.0. The van der Waals surface area contributed by atoms with Gasteiger partial charge in [-0.3, -0.25) is 19.0 Å². The summed E-state index contributed by atoms with van der Waals surface area (Å²) < 4.78 is 51.9. The van der Waals surface area contributed by atoms with Crippen LogP contribution in [0.4, 0.5) is 5.82 Å². The van der Waals surface area contributed by atoms with E-state index >= 15 is 0 Å². The maximum atomic E-state index is 12.6. The van der Waals surface area contributed by atoms with Crippen molar-refractivity contribution in [2.45, 2.75) is 57.4 Å². The second-order valence-electron chi connectivity index (χ2n) is 11.2. The van der Waals surface area contributed by atoms with E-state index in [1.54, 1.807) is 0 Å². The molecule has 1 aliphatic heterocycles. The molecular weight excluding hydrogens is 632 g/mol. The molecule has 0 bridgehead atoms. The van der Waals surface area contributed by atoms with Gasteiger partial charge in [-0.2, -0.15) is 0 Å². The molecule has 246 valence electrons. The van der Waals surface area contributed by atoms with Crippen LogP contribution in [0.25, 0.3) is 22.3 Å². The van der Waals surface area contributed by atoms with Crippen molar-refractivity contribution in [2.75, 3.05) is 18.2 Å². The van der Waals surface area contributed by atoms with Crippen molar-refractivity contribution in [1.82, 2.24) is 24.2 Å².